The van der Waals surface area contributed by atoms with Crippen LogP contribution in [0.3, 0.4) is 0 Å². The van der Waals surface area contributed by atoms with Crippen LogP contribution in [0.2, 0.25) is 0 Å². The summed E-state index contributed by atoms with van der Waals surface area (Å²) < 4.78 is 0. The van der Waals surface area contributed by atoms with Gasteiger partial charge in [0, 0.05) is 25.2 Å². The first kappa shape index (κ1) is 10.1. The zero-order valence-corrected chi connectivity index (χ0v) is 8.23. The largest absolute Gasteiger partial charge is 0.476 e. The molecule has 0 aromatic carbocycles. The number of β-amino-alcohol motifs (C(OH)–C–C–N with tert-alkyl or cyclic N) is 1. The Labute approximate surface area is 86.5 Å². The minimum Gasteiger partial charge on any atom is -0.476 e. The van der Waals surface area contributed by atoms with E-state index in [1.165, 1.54) is 0 Å². The molecule has 1 aromatic heterocycles. The fourth-order valence-corrected chi connectivity index (χ4v) is 1.88. The Balaban J connectivity index is 2.18. The van der Waals surface area contributed by atoms with Gasteiger partial charge in [-0.05, 0) is 6.42 Å². The number of hydrogen-bond acceptors (Lipinski definition) is 4. The highest BCUT2D eigenvalue weighted by molar-refractivity contribution is 5.87. The van der Waals surface area contributed by atoms with Crippen LogP contribution < -0.4 is 0 Å². The Morgan fingerprint density at radius 3 is 3.07 bits per heavy atom. The minimum atomic E-state index is -0.983. The zero-order valence-electron chi connectivity index (χ0n) is 8.23. The lowest BCUT2D eigenvalue weighted by Gasteiger charge is -2.25. The number of H-pyrrole nitrogens is 1. The van der Waals surface area contributed by atoms with E-state index >= 15 is 0 Å². The van der Waals surface area contributed by atoms with Crippen LogP contribution in [0.5, 0.6) is 0 Å². The van der Waals surface area contributed by atoms with Gasteiger partial charge in [-0.3, -0.25) is 10.00 Å². The van der Waals surface area contributed by atoms with Crippen molar-refractivity contribution in [3.05, 3.63) is 17.0 Å². The average Bonchev–Trinajstić information content (AvgIpc) is 2.61. The summed E-state index contributed by atoms with van der Waals surface area (Å²) >= 11 is 0. The number of carbonyl (C=O) groups is 1. The van der Waals surface area contributed by atoms with Gasteiger partial charge in [0.25, 0.3) is 0 Å². The number of fused-ring (bicyclic) bond motifs is 1. The van der Waals surface area contributed by atoms with Crippen molar-refractivity contribution in [2.24, 2.45) is 0 Å². The Morgan fingerprint density at radius 2 is 2.40 bits per heavy atom. The predicted molar refractivity (Wildman–Crippen MR) is 51.6 cm³/mol. The zero-order chi connectivity index (χ0) is 10.8. The molecule has 0 aliphatic carbocycles. The molecule has 0 fully saturated rings. The smallest absolute Gasteiger partial charge is 0.356 e. The van der Waals surface area contributed by atoms with Crippen LogP contribution in [-0.4, -0.2) is 51.0 Å². The summed E-state index contributed by atoms with van der Waals surface area (Å²) in [6, 6.07) is 0. The number of aliphatic hydroxyl groups is 1. The molecule has 1 aliphatic rings. The topological polar surface area (TPSA) is 89.4 Å². The summed E-state index contributed by atoms with van der Waals surface area (Å²) in [7, 11) is 0. The van der Waals surface area contributed by atoms with Crippen LogP contribution in [0, 0.1) is 0 Å². The van der Waals surface area contributed by atoms with E-state index in [2.05, 4.69) is 15.1 Å². The van der Waals surface area contributed by atoms with Gasteiger partial charge in [-0.2, -0.15) is 5.10 Å². The average molecular weight is 211 g/mol. The quantitative estimate of drug-likeness (QED) is 0.624. The molecule has 0 saturated carbocycles. The van der Waals surface area contributed by atoms with Crippen LogP contribution >= 0.6 is 0 Å². The van der Waals surface area contributed by atoms with Crippen molar-refractivity contribution in [2.45, 2.75) is 13.0 Å². The van der Waals surface area contributed by atoms with Crippen LogP contribution in [0.15, 0.2) is 0 Å². The Bertz CT molecular complexity index is 375. The summed E-state index contributed by atoms with van der Waals surface area (Å²) in [4.78, 5) is 12.9. The van der Waals surface area contributed by atoms with E-state index in [9.17, 15) is 4.79 Å². The number of aromatic amines is 1. The van der Waals surface area contributed by atoms with Crippen molar-refractivity contribution >= 4 is 5.97 Å². The number of nitrogens with one attached hydrogen (secondary N) is 1. The van der Waals surface area contributed by atoms with Crippen molar-refractivity contribution in [3.63, 3.8) is 0 Å². The maximum Gasteiger partial charge on any atom is 0.356 e. The van der Waals surface area contributed by atoms with E-state index in [0.717, 1.165) is 17.8 Å². The van der Waals surface area contributed by atoms with Gasteiger partial charge < -0.3 is 10.2 Å². The van der Waals surface area contributed by atoms with Crippen LogP contribution in [0.25, 0.3) is 0 Å². The van der Waals surface area contributed by atoms with Gasteiger partial charge in [0.2, 0.25) is 0 Å². The predicted octanol–water partition coefficient (Wildman–Crippen LogP) is -0.542. The standard InChI is InChI=1S/C9H13N3O3/c13-4-3-12-2-1-6-7(5-12)10-11-8(6)9(14)15/h13H,1-5H2,(H,10,11)(H,14,15). The molecule has 0 unspecified atom stereocenters. The summed E-state index contributed by atoms with van der Waals surface area (Å²) in [5, 5.41) is 24.2. The number of hydrogen-bond donors (Lipinski definition) is 3. The maximum atomic E-state index is 10.8. The lowest BCUT2D eigenvalue weighted by molar-refractivity contribution is 0.0688. The van der Waals surface area contributed by atoms with Crippen molar-refractivity contribution < 1.29 is 15.0 Å². The number of aromatic carboxylic acids is 1. The molecule has 1 aromatic rings. The molecule has 2 heterocycles. The molecule has 82 valence electrons. The molecule has 6 nitrogen and oxygen atoms in total. The van der Waals surface area contributed by atoms with Gasteiger partial charge in [0.15, 0.2) is 5.69 Å². The molecule has 0 spiro atoms. The molecular formula is C9H13N3O3. The first-order valence-corrected chi connectivity index (χ1v) is 4.85. The second kappa shape index (κ2) is 4.00. The first-order chi connectivity index (χ1) is 7.22. The van der Waals surface area contributed by atoms with E-state index in [1.807, 2.05) is 0 Å². The summed E-state index contributed by atoms with van der Waals surface area (Å²) in [6.45, 7) is 2.14. The lowest BCUT2D eigenvalue weighted by Crippen LogP contribution is -2.33. The second-order valence-electron chi connectivity index (χ2n) is 3.58. The van der Waals surface area contributed by atoms with E-state index in [1.54, 1.807) is 0 Å². The molecule has 0 saturated heterocycles. The molecular weight excluding hydrogens is 198 g/mol. The van der Waals surface area contributed by atoms with Gasteiger partial charge in [-0.15, -0.1) is 0 Å². The van der Waals surface area contributed by atoms with E-state index in [4.69, 9.17) is 10.2 Å². The van der Waals surface area contributed by atoms with Gasteiger partial charge >= 0.3 is 5.97 Å². The minimum absolute atomic E-state index is 0.120. The fraction of sp³-hybridized carbons (Fsp3) is 0.556. The second-order valence-corrected chi connectivity index (χ2v) is 3.58. The summed E-state index contributed by atoms with van der Waals surface area (Å²) in [5.41, 5.74) is 1.79. The molecule has 1 aliphatic heterocycles. The molecule has 2 rings (SSSR count). The van der Waals surface area contributed by atoms with Crippen molar-refractivity contribution in [2.75, 3.05) is 19.7 Å². The van der Waals surface area contributed by atoms with E-state index < -0.39 is 5.97 Å². The van der Waals surface area contributed by atoms with Crippen molar-refractivity contribution in [1.82, 2.24) is 15.1 Å². The van der Waals surface area contributed by atoms with E-state index in [0.29, 0.717) is 19.5 Å². The van der Waals surface area contributed by atoms with Crippen LogP contribution in [0.1, 0.15) is 21.7 Å². The van der Waals surface area contributed by atoms with Gasteiger partial charge in [0.05, 0.1) is 12.3 Å². The summed E-state index contributed by atoms with van der Waals surface area (Å²) in [5.74, 6) is -0.983. The molecule has 0 amide bonds. The van der Waals surface area contributed by atoms with Gasteiger partial charge in [0.1, 0.15) is 0 Å². The highest BCUT2D eigenvalue weighted by Gasteiger charge is 2.24. The van der Waals surface area contributed by atoms with Crippen molar-refractivity contribution in [3.8, 4) is 0 Å². The third-order valence-electron chi connectivity index (χ3n) is 2.63. The Morgan fingerprint density at radius 1 is 1.60 bits per heavy atom. The van der Waals surface area contributed by atoms with Crippen LogP contribution in [-0.2, 0) is 13.0 Å². The molecule has 15 heavy (non-hydrogen) atoms. The molecule has 0 radical (unpaired) electrons. The first-order valence-electron chi connectivity index (χ1n) is 4.85. The monoisotopic (exact) mass is 211 g/mol. The lowest BCUT2D eigenvalue weighted by atomic mass is 10.0. The van der Waals surface area contributed by atoms with Crippen molar-refractivity contribution in [1.29, 1.82) is 0 Å². The Hall–Kier alpha value is -1.40. The van der Waals surface area contributed by atoms with Gasteiger partial charge in [-0.25, -0.2) is 4.79 Å². The number of aliphatic hydroxyl groups excluding tert-OH is 1. The molecule has 0 atom stereocenters. The normalized spacial score (nSPS) is 16.3. The van der Waals surface area contributed by atoms with E-state index in [-0.39, 0.29) is 12.3 Å². The molecule has 3 N–H and O–H groups in total. The maximum absolute atomic E-state index is 10.8. The summed E-state index contributed by atoms with van der Waals surface area (Å²) in [6.07, 6.45) is 0.674. The number of carboxylic acid groups (broad SMARTS) is 1. The Kier molecular flexibility index (Phi) is 2.70. The third-order valence-corrected chi connectivity index (χ3v) is 2.63. The number of carboxylic acids is 1. The fourth-order valence-electron chi connectivity index (χ4n) is 1.88. The molecule has 6 heteroatoms. The van der Waals surface area contributed by atoms with Crippen LogP contribution in [0.4, 0.5) is 0 Å². The number of nitrogens with zero attached hydrogens (tertiary/aromatic N) is 2. The molecule has 0 bridgehead atoms. The highest BCUT2D eigenvalue weighted by atomic mass is 16.4. The SMILES string of the molecule is O=C(O)c1n[nH]c2c1CCN(CCO)C2. The third kappa shape index (κ3) is 1.86. The number of aromatic nitrogens is 2. The number of rotatable bonds is 3. The highest BCUT2D eigenvalue weighted by Crippen LogP contribution is 2.19. The van der Waals surface area contributed by atoms with Gasteiger partial charge in [-0.1, -0.05) is 0 Å².